The van der Waals surface area contributed by atoms with Crippen LogP contribution in [-0.2, 0) is 9.53 Å². The molecule has 0 aromatic carbocycles. The van der Waals surface area contributed by atoms with Crippen LogP contribution in [-0.4, -0.2) is 50.2 Å². The molecule has 4 nitrogen and oxygen atoms in total. The summed E-state index contributed by atoms with van der Waals surface area (Å²) in [6.07, 6.45) is 0.699. The summed E-state index contributed by atoms with van der Waals surface area (Å²) < 4.78 is 4.92. The number of nitrogens with zero attached hydrogens (tertiary/aromatic N) is 1. The molecule has 1 amide bonds. The first kappa shape index (κ1) is 10.5. The minimum Gasteiger partial charge on any atom is -0.372 e. The third-order valence-corrected chi connectivity index (χ3v) is 2.46. The Morgan fingerprint density at radius 1 is 1.69 bits per heavy atom. The summed E-state index contributed by atoms with van der Waals surface area (Å²) >= 11 is 0. The Morgan fingerprint density at radius 2 is 2.38 bits per heavy atom. The molecule has 2 atom stereocenters. The fourth-order valence-corrected chi connectivity index (χ4v) is 1.48. The van der Waals surface area contributed by atoms with Gasteiger partial charge < -0.3 is 15.0 Å². The number of nitrogens with one attached hydrogen (secondary N) is 1. The van der Waals surface area contributed by atoms with Gasteiger partial charge in [-0.1, -0.05) is 0 Å². The van der Waals surface area contributed by atoms with E-state index in [1.54, 1.807) is 14.0 Å². The van der Waals surface area contributed by atoms with Gasteiger partial charge in [0.05, 0.1) is 0 Å². The van der Waals surface area contributed by atoms with Crippen molar-refractivity contribution in [2.24, 2.45) is 0 Å². The topological polar surface area (TPSA) is 41.6 Å². The highest BCUT2D eigenvalue weighted by molar-refractivity contribution is 5.80. The fraction of sp³-hybridized carbons (Fsp3) is 0.889. The van der Waals surface area contributed by atoms with Gasteiger partial charge in [0.15, 0.2) is 0 Å². The molecule has 1 aliphatic heterocycles. The Morgan fingerprint density at radius 3 is 2.85 bits per heavy atom. The van der Waals surface area contributed by atoms with Gasteiger partial charge in [0, 0.05) is 19.7 Å². The fourth-order valence-electron chi connectivity index (χ4n) is 1.48. The molecule has 1 heterocycles. The number of carbonyl (C=O) groups is 1. The Bertz CT molecular complexity index is 184. The van der Waals surface area contributed by atoms with Gasteiger partial charge in [0.25, 0.3) is 0 Å². The molecule has 1 N–H and O–H groups in total. The number of hydrogen-bond acceptors (Lipinski definition) is 3. The van der Waals surface area contributed by atoms with Gasteiger partial charge in [-0.05, 0) is 26.9 Å². The number of ether oxygens (including phenoxy) is 1. The maximum atomic E-state index is 11.4. The molecular weight excluding hydrogens is 168 g/mol. The molecule has 0 aromatic heterocycles. The molecule has 0 saturated carbocycles. The molecule has 76 valence electrons. The van der Waals surface area contributed by atoms with Crippen LogP contribution in [0.25, 0.3) is 0 Å². The second-order valence-corrected chi connectivity index (χ2v) is 3.63. The number of likely N-dealkylation sites (N-methyl/N-ethyl adjacent to an activating group) is 1. The lowest BCUT2D eigenvalue weighted by Gasteiger charge is -2.15. The standard InChI is InChI=1S/C9H18N2O2/c1-7(13-3)9(12)10-8-4-5-11(2)6-8/h7-8H,4-6H2,1-3H3,(H,10,12). The summed E-state index contributed by atoms with van der Waals surface area (Å²) in [4.78, 5) is 13.6. The smallest absolute Gasteiger partial charge is 0.249 e. The molecule has 2 unspecified atom stereocenters. The van der Waals surface area contributed by atoms with E-state index >= 15 is 0 Å². The Labute approximate surface area is 79.2 Å². The highest BCUT2D eigenvalue weighted by Crippen LogP contribution is 2.06. The van der Waals surface area contributed by atoms with E-state index in [1.165, 1.54) is 0 Å². The molecule has 0 aromatic rings. The lowest BCUT2D eigenvalue weighted by atomic mass is 10.2. The SMILES string of the molecule is COC(C)C(=O)NC1CCN(C)C1. The van der Waals surface area contributed by atoms with E-state index < -0.39 is 0 Å². The maximum absolute atomic E-state index is 11.4. The van der Waals surface area contributed by atoms with E-state index in [0.29, 0.717) is 6.04 Å². The van der Waals surface area contributed by atoms with Crippen molar-refractivity contribution in [2.75, 3.05) is 27.2 Å². The van der Waals surface area contributed by atoms with Crippen molar-refractivity contribution >= 4 is 5.91 Å². The highest BCUT2D eigenvalue weighted by Gasteiger charge is 2.22. The van der Waals surface area contributed by atoms with Crippen LogP contribution < -0.4 is 5.32 Å². The molecule has 13 heavy (non-hydrogen) atoms. The second-order valence-electron chi connectivity index (χ2n) is 3.63. The van der Waals surface area contributed by atoms with Crippen LogP contribution in [0.2, 0.25) is 0 Å². The van der Waals surface area contributed by atoms with Crippen molar-refractivity contribution in [2.45, 2.75) is 25.5 Å². The van der Waals surface area contributed by atoms with Gasteiger partial charge in [0.2, 0.25) is 5.91 Å². The van der Waals surface area contributed by atoms with Gasteiger partial charge >= 0.3 is 0 Å². The molecular formula is C9H18N2O2. The van der Waals surface area contributed by atoms with Gasteiger partial charge in [-0.3, -0.25) is 4.79 Å². The lowest BCUT2D eigenvalue weighted by molar-refractivity contribution is -0.130. The quantitative estimate of drug-likeness (QED) is 0.666. The van der Waals surface area contributed by atoms with Crippen LogP contribution in [0.15, 0.2) is 0 Å². The van der Waals surface area contributed by atoms with E-state index in [9.17, 15) is 4.79 Å². The van der Waals surface area contributed by atoms with Gasteiger partial charge in [-0.25, -0.2) is 0 Å². The number of amides is 1. The number of hydrogen-bond donors (Lipinski definition) is 1. The zero-order valence-electron chi connectivity index (χ0n) is 8.54. The van der Waals surface area contributed by atoms with Gasteiger partial charge in [0.1, 0.15) is 6.10 Å². The van der Waals surface area contributed by atoms with Crippen molar-refractivity contribution in [3.63, 3.8) is 0 Å². The summed E-state index contributed by atoms with van der Waals surface area (Å²) in [6.45, 7) is 3.77. The van der Waals surface area contributed by atoms with Crippen LogP contribution in [0.4, 0.5) is 0 Å². The van der Waals surface area contributed by atoms with Crippen LogP contribution in [0.1, 0.15) is 13.3 Å². The van der Waals surface area contributed by atoms with Gasteiger partial charge in [-0.2, -0.15) is 0 Å². The van der Waals surface area contributed by atoms with E-state index in [0.717, 1.165) is 19.5 Å². The van der Waals surface area contributed by atoms with E-state index in [1.807, 2.05) is 0 Å². The second kappa shape index (κ2) is 4.58. The first-order valence-corrected chi connectivity index (χ1v) is 4.65. The normalized spacial score (nSPS) is 25.9. The van der Waals surface area contributed by atoms with Gasteiger partial charge in [-0.15, -0.1) is 0 Å². The Hall–Kier alpha value is -0.610. The van der Waals surface area contributed by atoms with Crippen molar-refractivity contribution in [1.29, 1.82) is 0 Å². The zero-order valence-corrected chi connectivity index (χ0v) is 8.54. The largest absolute Gasteiger partial charge is 0.372 e. The third-order valence-electron chi connectivity index (χ3n) is 2.46. The minimum atomic E-state index is -0.342. The molecule has 1 saturated heterocycles. The molecule has 1 rings (SSSR count). The number of likely N-dealkylation sites (tertiary alicyclic amines) is 1. The highest BCUT2D eigenvalue weighted by atomic mass is 16.5. The maximum Gasteiger partial charge on any atom is 0.249 e. The lowest BCUT2D eigenvalue weighted by Crippen LogP contribution is -2.42. The summed E-state index contributed by atoms with van der Waals surface area (Å²) in [6, 6.07) is 0.301. The summed E-state index contributed by atoms with van der Waals surface area (Å²) in [7, 11) is 3.61. The van der Waals surface area contributed by atoms with Crippen LogP contribution in [0, 0.1) is 0 Å². The summed E-state index contributed by atoms with van der Waals surface area (Å²) in [5, 5.41) is 2.95. The predicted octanol–water partition coefficient (Wildman–Crippen LogP) is -0.158. The Kier molecular flexibility index (Phi) is 3.69. The molecule has 0 spiro atoms. The molecule has 1 fully saturated rings. The molecule has 4 heteroatoms. The predicted molar refractivity (Wildman–Crippen MR) is 50.5 cm³/mol. The minimum absolute atomic E-state index is 0.0113. The van der Waals surface area contributed by atoms with E-state index in [2.05, 4.69) is 17.3 Å². The molecule has 1 aliphatic rings. The molecule has 0 radical (unpaired) electrons. The monoisotopic (exact) mass is 186 g/mol. The van der Waals surface area contributed by atoms with Crippen LogP contribution >= 0.6 is 0 Å². The van der Waals surface area contributed by atoms with E-state index in [4.69, 9.17) is 4.74 Å². The first-order valence-electron chi connectivity index (χ1n) is 4.65. The first-order chi connectivity index (χ1) is 6.13. The number of methoxy groups -OCH3 is 1. The number of rotatable bonds is 3. The van der Waals surface area contributed by atoms with Crippen molar-refractivity contribution in [3.8, 4) is 0 Å². The third kappa shape index (κ3) is 2.97. The van der Waals surface area contributed by atoms with E-state index in [-0.39, 0.29) is 12.0 Å². The average molecular weight is 186 g/mol. The van der Waals surface area contributed by atoms with Crippen molar-refractivity contribution in [3.05, 3.63) is 0 Å². The summed E-state index contributed by atoms with van der Waals surface area (Å²) in [5.41, 5.74) is 0. The zero-order chi connectivity index (χ0) is 9.84. The van der Waals surface area contributed by atoms with Crippen LogP contribution in [0.5, 0.6) is 0 Å². The Balaban J connectivity index is 2.28. The number of carbonyl (C=O) groups excluding carboxylic acids is 1. The molecule has 0 aliphatic carbocycles. The summed E-state index contributed by atoms with van der Waals surface area (Å²) in [5.74, 6) is -0.0113. The van der Waals surface area contributed by atoms with Crippen LogP contribution in [0.3, 0.4) is 0 Å². The average Bonchev–Trinajstić information content (AvgIpc) is 2.49. The molecule has 0 bridgehead atoms. The van der Waals surface area contributed by atoms with Crippen molar-refractivity contribution in [1.82, 2.24) is 10.2 Å². The van der Waals surface area contributed by atoms with Crippen molar-refractivity contribution < 1.29 is 9.53 Å².